The highest BCUT2D eigenvalue weighted by atomic mass is 16.5. The predicted molar refractivity (Wildman–Crippen MR) is 114 cm³/mol. The van der Waals surface area contributed by atoms with Crippen LogP contribution in [0.5, 0.6) is 0 Å². The first kappa shape index (κ1) is 21.8. The lowest BCUT2D eigenvalue weighted by atomic mass is 10.1. The summed E-state index contributed by atoms with van der Waals surface area (Å²) in [7, 11) is 0. The molecule has 2 N–H and O–H groups in total. The van der Waals surface area contributed by atoms with Gasteiger partial charge in [-0.15, -0.1) is 0 Å². The van der Waals surface area contributed by atoms with E-state index < -0.39 is 24.5 Å². The molecule has 0 saturated heterocycles. The van der Waals surface area contributed by atoms with E-state index in [0.29, 0.717) is 11.3 Å². The van der Waals surface area contributed by atoms with E-state index in [-0.39, 0.29) is 17.5 Å². The molecule has 0 aliphatic carbocycles. The minimum absolute atomic E-state index is 0.132. The SMILES string of the molecule is Cc1ccc(-c2cnc(-c3ccccc3C(=O)OCC(=O)NC(=O)NC(C)C)o2)cc1. The molecule has 160 valence electrons. The molecule has 1 heterocycles. The first-order chi connectivity index (χ1) is 14.8. The van der Waals surface area contributed by atoms with Crippen molar-refractivity contribution in [2.24, 2.45) is 0 Å². The lowest BCUT2D eigenvalue weighted by Crippen LogP contribution is -2.44. The highest BCUT2D eigenvalue weighted by Gasteiger charge is 2.19. The average Bonchev–Trinajstić information content (AvgIpc) is 3.22. The van der Waals surface area contributed by atoms with E-state index in [0.717, 1.165) is 11.1 Å². The average molecular weight is 421 g/mol. The predicted octanol–water partition coefficient (Wildman–Crippen LogP) is 3.71. The number of hydrogen-bond donors (Lipinski definition) is 2. The standard InChI is InChI=1S/C23H23N3O5/c1-14(2)25-23(29)26-20(27)13-30-22(28)18-7-5-4-6-17(18)21-24-12-19(31-21)16-10-8-15(3)9-11-16/h4-12,14H,13H2,1-3H3,(H2,25,26,27,29). The van der Waals surface area contributed by atoms with Gasteiger partial charge in [-0.2, -0.15) is 0 Å². The van der Waals surface area contributed by atoms with Crippen molar-refractivity contribution < 1.29 is 23.5 Å². The molecule has 0 aliphatic heterocycles. The second-order valence-electron chi connectivity index (χ2n) is 7.19. The van der Waals surface area contributed by atoms with E-state index in [1.165, 1.54) is 0 Å². The molecule has 31 heavy (non-hydrogen) atoms. The third-order valence-electron chi connectivity index (χ3n) is 4.23. The molecule has 0 spiro atoms. The highest BCUT2D eigenvalue weighted by molar-refractivity contribution is 5.99. The Kier molecular flexibility index (Phi) is 6.81. The second-order valence-corrected chi connectivity index (χ2v) is 7.19. The van der Waals surface area contributed by atoms with Crippen molar-refractivity contribution in [2.75, 3.05) is 6.61 Å². The number of carbonyl (C=O) groups excluding carboxylic acids is 3. The number of nitrogens with one attached hydrogen (secondary N) is 2. The van der Waals surface area contributed by atoms with Crippen molar-refractivity contribution in [3.63, 3.8) is 0 Å². The summed E-state index contributed by atoms with van der Waals surface area (Å²) in [6, 6.07) is 13.6. The topological polar surface area (TPSA) is 111 Å². The maximum Gasteiger partial charge on any atom is 0.339 e. The zero-order chi connectivity index (χ0) is 22.4. The number of rotatable bonds is 6. The summed E-state index contributed by atoms with van der Waals surface area (Å²) in [4.78, 5) is 40.2. The van der Waals surface area contributed by atoms with Gasteiger partial charge in [0.15, 0.2) is 12.4 Å². The summed E-state index contributed by atoms with van der Waals surface area (Å²) < 4.78 is 10.9. The molecule has 0 saturated carbocycles. The maximum atomic E-state index is 12.5. The molecule has 3 aromatic rings. The molecular weight excluding hydrogens is 398 g/mol. The Morgan fingerprint density at radius 2 is 1.77 bits per heavy atom. The summed E-state index contributed by atoms with van der Waals surface area (Å²) in [5, 5.41) is 4.60. The fourth-order valence-corrected chi connectivity index (χ4v) is 2.77. The van der Waals surface area contributed by atoms with Gasteiger partial charge in [0.25, 0.3) is 5.91 Å². The Hall–Kier alpha value is -3.94. The molecule has 8 heteroatoms. The number of benzene rings is 2. The van der Waals surface area contributed by atoms with E-state index in [1.807, 2.05) is 31.2 Å². The van der Waals surface area contributed by atoms with Gasteiger partial charge in [0.1, 0.15) is 0 Å². The minimum Gasteiger partial charge on any atom is -0.452 e. The number of carbonyl (C=O) groups is 3. The largest absolute Gasteiger partial charge is 0.452 e. The van der Waals surface area contributed by atoms with E-state index in [2.05, 4.69) is 15.6 Å². The molecule has 3 rings (SSSR count). The van der Waals surface area contributed by atoms with Gasteiger partial charge in [0.05, 0.1) is 17.3 Å². The number of esters is 1. The van der Waals surface area contributed by atoms with Crippen molar-refractivity contribution in [3.8, 4) is 22.8 Å². The number of hydrogen-bond acceptors (Lipinski definition) is 6. The van der Waals surface area contributed by atoms with Crippen molar-refractivity contribution in [3.05, 3.63) is 65.9 Å². The van der Waals surface area contributed by atoms with Crippen LogP contribution in [0.2, 0.25) is 0 Å². The molecule has 0 radical (unpaired) electrons. The molecule has 2 aromatic carbocycles. The van der Waals surface area contributed by atoms with Crippen LogP contribution in [0.4, 0.5) is 4.79 Å². The zero-order valence-corrected chi connectivity index (χ0v) is 17.5. The monoisotopic (exact) mass is 421 g/mol. The van der Waals surface area contributed by atoms with Crippen LogP contribution in [0.15, 0.2) is 59.1 Å². The quantitative estimate of drug-likeness (QED) is 0.587. The summed E-state index contributed by atoms with van der Waals surface area (Å²) in [6.45, 7) is 4.91. The van der Waals surface area contributed by atoms with Gasteiger partial charge in [-0.05, 0) is 32.9 Å². The molecule has 3 amide bonds. The summed E-state index contributed by atoms with van der Waals surface area (Å²) >= 11 is 0. The van der Waals surface area contributed by atoms with Gasteiger partial charge in [-0.25, -0.2) is 14.6 Å². The molecule has 0 bridgehead atoms. The van der Waals surface area contributed by atoms with E-state index in [1.54, 1.807) is 44.3 Å². The number of imide groups is 1. The van der Waals surface area contributed by atoms with Crippen LogP contribution in [0.25, 0.3) is 22.8 Å². The van der Waals surface area contributed by atoms with Crippen molar-refractivity contribution in [1.82, 2.24) is 15.6 Å². The van der Waals surface area contributed by atoms with Crippen molar-refractivity contribution >= 4 is 17.9 Å². The summed E-state index contributed by atoms with van der Waals surface area (Å²) in [5.74, 6) is -0.649. The Morgan fingerprint density at radius 1 is 1.06 bits per heavy atom. The number of oxazole rings is 1. The Morgan fingerprint density at radius 3 is 2.48 bits per heavy atom. The lowest BCUT2D eigenvalue weighted by Gasteiger charge is -2.10. The van der Waals surface area contributed by atoms with Crippen molar-refractivity contribution in [1.29, 1.82) is 0 Å². The third-order valence-corrected chi connectivity index (χ3v) is 4.23. The number of nitrogens with zero attached hydrogens (tertiary/aromatic N) is 1. The van der Waals surface area contributed by atoms with Crippen LogP contribution in [-0.2, 0) is 9.53 Å². The second kappa shape index (κ2) is 9.71. The third kappa shape index (κ3) is 5.79. The number of ether oxygens (including phenoxy) is 1. The summed E-state index contributed by atoms with van der Waals surface area (Å²) in [5.41, 5.74) is 2.62. The smallest absolute Gasteiger partial charge is 0.339 e. The van der Waals surface area contributed by atoms with Crippen LogP contribution in [0, 0.1) is 6.92 Å². The molecular formula is C23H23N3O5. The van der Waals surface area contributed by atoms with Gasteiger partial charge in [-0.1, -0.05) is 42.0 Å². The van der Waals surface area contributed by atoms with E-state index >= 15 is 0 Å². The van der Waals surface area contributed by atoms with Crippen LogP contribution in [0.3, 0.4) is 0 Å². The molecule has 0 aliphatic rings. The van der Waals surface area contributed by atoms with Crippen LogP contribution < -0.4 is 10.6 Å². The Balaban J connectivity index is 1.70. The fraction of sp³-hybridized carbons (Fsp3) is 0.217. The minimum atomic E-state index is -0.734. The molecule has 0 atom stereocenters. The lowest BCUT2D eigenvalue weighted by molar-refractivity contribution is -0.123. The van der Waals surface area contributed by atoms with E-state index in [4.69, 9.17) is 9.15 Å². The van der Waals surface area contributed by atoms with Gasteiger partial charge >= 0.3 is 12.0 Å². The van der Waals surface area contributed by atoms with Gasteiger partial charge in [-0.3, -0.25) is 10.1 Å². The number of urea groups is 1. The van der Waals surface area contributed by atoms with Crippen molar-refractivity contribution in [2.45, 2.75) is 26.8 Å². The Bertz CT molecular complexity index is 1090. The fourth-order valence-electron chi connectivity index (χ4n) is 2.77. The van der Waals surface area contributed by atoms with Crippen LogP contribution in [-0.4, -0.2) is 35.5 Å². The highest BCUT2D eigenvalue weighted by Crippen LogP contribution is 2.28. The molecule has 1 aromatic heterocycles. The normalized spacial score (nSPS) is 10.6. The van der Waals surface area contributed by atoms with Crippen LogP contribution >= 0.6 is 0 Å². The van der Waals surface area contributed by atoms with Gasteiger partial charge in [0.2, 0.25) is 5.89 Å². The number of amides is 3. The molecule has 0 unspecified atom stereocenters. The molecule has 0 fully saturated rings. The number of aryl methyl sites for hydroxylation is 1. The maximum absolute atomic E-state index is 12.5. The first-order valence-corrected chi connectivity index (χ1v) is 9.73. The number of aromatic nitrogens is 1. The first-order valence-electron chi connectivity index (χ1n) is 9.73. The van der Waals surface area contributed by atoms with E-state index in [9.17, 15) is 14.4 Å². The molecule has 8 nitrogen and oxygen atoms in total. The Labute approximate surface area is 179 Å². The summed E-state index contributed by atoms with van der Waals surface area (Å²) in [6.07, 6.45) is 1.59. The van der Waals surface area contributed by atoms with Gasteiger partial charge in [0, 0.05) is 11.6 Å². The van der Waals surface area contributed by atoms with Gasteiger partial charge < -0.3 is 14.5 Å². The zero-order valence-electron chi connectivity index (χ0n) is 17.5. The van der Waals surface area contributed by atoms with Crippen LogP contribution in [0.1, 0.15) is 29.8 Å².